The molecule has 5 rings (SSSR count). The second kappa shape index (κ2) is 11.1. The number of amides is 2. The summed E-state index contributed by atoms with van der Waals surface area (Å²) in [5, 5.41) is 5.61. The van der Waals surface area contributed by atoms with E-state index in [2.05, 4.69) is 15.6 Å². The average molecular weight is 498 g/mol. The van der Waals surface area contributed by atoms with Gasteiger partial charge in [0.05, 0.1) is 11.3 Å². The first kappa shape index (κ1) is 23.7. The average Bonchev–Trinajstić information content (AvgIpc) is 3.40. The number of fused-ring (bicyclic) bond motifs is 1. The third kappa shape index (κ3) is 6.15. The van der Waals surface area contributed by atoms with E-state index in [0.717, 1.165) is 5.56 Å². The summed E-state index contributed by atoms with van der Waals surface area (Å²) in [7, 11) is 0. The first-order chi connectivity index (χ1) is 18.1. The number of aromatic nitrogens is 1. The van der Waals surface area contributed by atoms with Gasteiger partial charge < -0.3 is 29.6 Å². The number of anilines is 1. The summed E-state index contributed by atoms with van der Waals surface area (Å²) in [5.74, 6) is 2.18. The van der Waals surface area contributed by atoms with Gasteiger partial charge in [-0.15, -0.1) is 0 Å². The Hall–Kier alpha value is -5.05. The molecule has 0 atom stereocenters. The molecule has 1 aromatic heterocycles. The minimum absolute atomic E-state index is 0.188. The van der Waals surface area contributed by atoms with Crippen LogP contribution in [0.25, 0.3) is 0 Å². The summed E-state index contributed by atoms with van der Waals surface area (Å²) in [6.07, 6.45) is 1.65. The molecule has 0 bridgehead atoms. The highest BCUT2D eigenvalue weighted by Crippen LogP contribution is 2.32. The fourth-order valence-electron chi connectivity index (χ4n) is 3.59. The van der Waals surface area contributed by atoms with Gasteiger partial charge in [-0.05, 0) is 60.2 Å². The van der Waals surface area contributed by atoms with E-state index in [9.17, 15) is 9.59 Å². The number of nitrogens with zero attached hydrogens (tertiary/aromatic N) is 1. The number of para-hydroxylation sites is 1. The Kier molecular flexibility index (Phi) is 7.12. The van der Waals surface area contributed by atoms with Crippen LogP contribution in [-0.4, -0.2) is 30.2 Å². The van der Waals surface area contributed by atoms with Crippen molar-refractivity contribution >= 4 is 17.5 Å². The molecule has 0 unspecified atom stereocenters. The molecule has 0 spiro atoms. The van der Waals surface area contributed by atoms with Gasteiger partial charge in [-0.2, -0.15) is 0 Å². The van der Waals surface area contributed by atoms with Gasteiger partial charge in [-0.25, -0.2) is 4.98 Å². The van der Waals surface area contributed by atoms with Crippen LogP contribution in [0.15, 0.2) is 91.1 Å². The van der Waals surface area contributed by atoms with Gasteiger partial charge in [-0.1, -0.05) is 24.3 Å². The number of rotatable bonds is 9. The van der Waals surface area contributed by atoms with E-state index < -0.39 is 5.91 Å². The van der Waals surface area contributed by atoms with Gasteiger partial charge in [0, 0.05) is 18.8 Å². The zero-order valence-corrected chi connectivity index (χ0v) is 19.7. The summed E-state index contributed by atoms with van der Waals surface area (Å²) >= 11 is 0. The predicted molar refractivity (Wildman–Crippen MR) is 135 cm³/mol. The van der Waals surface area contributed by atoms with Crippen molar-refractivity contribution in [3.05, 3.63) is 102 Å². The number of benzene rings is 3. The zero-order chi connectivity index (χ0) is 25.5. The van der Waals surface area contributed by atoms with Gasteiger partial charge in [0.15, 0.2) is 18.1 Å². The molecule has 2 N–H and O–H groups in total. The lowest BCUT2D eigenvalue weighted by atomic mass is 10.1. The van der Waals surface area contributed by atoms with Crippen molar-refractivity contribution in [2.45, 2.75) is 6.54 Å². The lowest BCUT2D eigenvalue weighted by molar-refractivity contribution is -0.118. The normalized spacial score (nSPS) is 11.5. The van der Waals surface area contributed by atoms with Crippen LogP contribution in [0.2, 0.25) is 0 Å². The largest absolute Gasteiger partial charge is 0.484 e. The smallest absolute Gasteiger partial charge is 0.262 e. The summed E-state index contributed by atoms with van der Waals surface area (Å²) in [6, 6.07) is 24.5. The Morgan fingerprint density at radius 1 is 0.865 bits per heavy atom. The van der Waals surface area contributed by atoms with E-state index >= 15 is 0 Å². The maximum absolute atomic E-state index is 12.8. The van der Waals surface area contributed by atoms with E-state index in [1.807, 2.05) is 18.2 Å². The van der Waals surface area contributed by atoms with E-state index in [-0.39, 0.29) is 19.3 Å². The molecule has 1 aliphatic heterocycles. The molecule has 1 aliphatic rings. The highest BCUT2D eigenvalue weighted by atomic mass is 16.7. The molecular weight excluding hydrogens is 474 g/mol. The lowest BCUT2D eigenvalue weighted by Crippen LogP contribution is -2.26. The molecule has 4 aromatic rings. The second-order valence-corrected chi connectivity index (χ2v) is 7.99. The number of hydrogen-bond donors (Lipinski definition) is 2. The fraction of sp³-hybridized carbons (Fsp3) is 0.107. The van der Waals surface area contributed by atoms with Crippen LogP contribution < -0.4 is 29.6 Å². The minimum atomic E-state index is -0.398. The Morgan fingerprint density at radius 3 is 2.49 bits per heavy atom. The van der Waals surface area contributed by atoms with Crippen molar-refractivity contribution in [3.8, 4) is 28.9 Å². The van der Waals surface area contributed by atoms with Crippen molar-refractivity contribution in [2.75, 3.05) is 18.7 Å². The van der Waals surface area contributed by atoms with Crippen LogP contribution >= 0.6 is 0 Å². The van der Waals surface area contributed by atoms with Crippen molar-refractivity contribution in [1.29, 1.82) is 0 Å². The molecule has 0 radical (unpaired) electrons. The van der Waals surface area contributed by atoms with Crippen LogP contribution in [-0.2, 0) is 11.3 Å². The number of carbonyl (C=O) groups is 2. The molecule has 3 aromatic carbocycles. The van der Waals surface area contributed by atoms with Gasteiger partial charge in [0.2, 0.25) is 12.7 Å². The van der Waals surface area contributed by atoms with Crippen LogP contribution in [0.4, 0.5) is 5.69 Å². The standard InChI is InChI=1S/C28H23N3O6/c32-26(17-34-20-9-11-21(12-10-20)37-27-7-3-4-14-29-27)31-23-6-2-1-5-22(23)28(33)30-16-19-8-13-24-25(15-19)36-18-35-24/h1-15H,16-18H2,(H,30,33)(H,31,32). The summed E-state index contributed by atoms with van der Waals surface area (Å²) in [4.78, 5) is 29.5. The van der Waals surface area contributed by atoms with E-state index in [4.69, 9.17) is 18.9 Å². The van der Waals surface area contributed by atoms with E-state index in [0.29, 0.717) is 46.7 Å². The van der Waals surface area contributed by atoms with Gasteiger partial charge in [0.25, 0.3) is 11.8 Å². The molecule has 2 heterocycles. The molecule has 9 nitrogen and oxygen atoms in total. The Balaban J connectivity index is 1.13. The van der Waals surface area contributed by atoms with Crippen LogP contribution in [0, 0.1) is 0 Å². The molecule has 0 aliphatic carbocycles. The van der Waals surface area contributed by atoms with Crippen LogP contribution in [0.1, 0.15) is 15.9 Å². The monoisotopic (exact) mass is 497 g/mol. The molecule has 186 valence electrons. The third-order valence-electron chi connectivity index (χ3n) is 5.39. The Morgan fingerprint density at radius 2 is 1.65 bits per heavy atom. The van der Waals surface area contributed by atoms with E-state index in [1.54, 1.807) is 72.9 Å². The van der Waals surface area contributed by atoms with Crippen LogP contribution in [0.3, 0.4) is 0 Å². The maximum atomic E-state index is 12.8. The molecule has 0 saturated carbocycles. The first-order valence-corrected chi connectivity index (χ1v) is 11.5. The molecule has 2 amide bonds. The van der Waals surface area contributed by atoms with Gasteiger partial charge >= 0.3 is 0 Å². The highest BCUT2D eigenvalue weighted by molar-refractivity contribution is 6.04. The van der Waals surface area contributed by atoms with Crippen molar-refractivity contribution in [3.63, 3.8) is 0 Å². The minimum Gasteiger partial charge on any atom is -0.484 e. The Bertz CT molecular complexity index is 1390. The topological polar surface area (TPSA) is 108 Å². The summed E-state index contributed by atoms with van der Waals surface area (Å²) in [6.45, 7) is 0.252. The number of ether oxygens (including phenoxy) is 4. The van der Waals surface area contributed by atoms with E-state index in [1.165, 1.54) is 0 Å². The third-order valence-corrected chi connectivity index (χ3v) is 5.39. The molecular formula is C28H23N3O6. The maximum Gasteiger partial charge on any atom is 0.262 e. The van der Waals surface area contributed by atoms with Crippen molar-refractivity contribution in [2.24, 2.45) is 0 Å². The lowest BCUT2D eigenvalue weighted by Gasteiger charge is -2.12. The Labute approximate surface area is 213 Å². The number of pyridine rings is 1. The fourth-order valence-corrected chi connectivity index (χ4v) is 3.59. The predicted octanol–water partition coefficient (Wildman–Crippen LogP) is 4.55. The van der Waals surface area contributed by atoms with Crippen molar-refractivity contribution < 1.29 is 28.5 Å². The summed E-state index contributed by atoms with van der Waals surface area (Å²) in [5.41, 5.74) is 1.59. The molecule has 9 heteroatoms. The first-order valence-electron chi connectivity index (χ1n) is 11.5. The number of hydrogen-bond acceptors (Lipinski definition) is 7. The van der Waals surface area contributed by atoms with Crippen LogP contribution in [0.5, 0.6) is 28.9 Å². The SMILES string of the molecule is O=C(COc1ccc(Oc2ccccn2)cc1)Nc1ccccc1C(=O)NCc1ccc2c(c1)OCO2. The second-order valence-electron chi connectivity index (χ2n) is 7.99. The van der Waals surface area contributed by atoms with Gasteiger partial charge in [0.1, 0.15) is 11.5 Å². The molecule has 0 saturated heterocycles. The number of nitrogens with one attached hydrogen (secondary N) is 2. The molecule has 0 fully saturated rings. The number of carbonyl (C=O) groups excluding carboxylic acids is 2. The molecule has 37 heavy (non-hydrogen) atoms. The zero-order valence-electron chi connectivity index (χ0n) is 19.7. The summed E-state index contributed by atoms with van der Waals surface area (Å²) < 4.78 is 21.9. The van der Waals surface area contributed by atoms with Gasteiger partial charge in [-0.3, -0.25) is 9.59 Å². The quantitative estimate of drug-likeness (QED) is 0.349. The highest BCUT2D eigenvalue weighted by Gasteiger charge is 2.16. The van der Waals surface area contributed by atoms with Crippen molar-refractivity contribution in [1.82, 2.24) is 10.3 Å².